The minimum atomic E-state index is -1.16. The number of non-ortho nitro benzene ring substituents is 2. The van der Waals surface area contributed by atoms with Gasteiger partial charge in [-0.25, -0.2) is 9.59 Å². The first-order chi connectivity index (χ1) is 18.6. The van der Waals surface area contributed by atoms with Crippen molar-refractivity contribution in [3.05, 3.63) is 105 Å². The number of carbonyl (C=O) groups is 2. The number of nitrogens with two attached hydrogens (primary N) is 1. The SMILES string of the molecule is CCOC(=O)C1=C(N)n2c(s/c(=C/c3ccc([N+](=O)[O-])cc3)c2=O)=C(C(=O)OC)[C@@H]1c1ccc([N+](=O)[O-])cc1. The lowest BCUT2D eigenvalue weighted by Crippen LogP contribution is -2.41. The number of hydrogen-bond donors (Lipinski definition) is 1. The predicted molar refractivity (Wildman–Crippen MR) is 140 cm³/mol. The summed E-state index contributed by atoms with van der Waals surface area (Å²) in [4.78, 5) is 60.7. The lowest BCUT2D eigenvalue weighted by Gasteiger charge is -2.26. The van der Waals surface area contributed by atoms with E-state index in [1.165, 1.54) is 54.6 Å². The summed E-state index contributed by atoms with van der Waals surface area (Å²) < 4.78 is 11.4. The highest BCUT2D eigenvalue weighted by atomic mass is 32.1. The number of ether oxygens (including phenoxy) is 2. The molecule has 39 heavy (non-hydrogen) atoms. The molecule has 0 amide bonds. The fraction of sp³-hybridized carbons (Fsp3) is 0.160. The number of nitro groups is 2. The topological polar surface area (TPSA) is 187 Å². The Morgan fingerprint density at radius 1 is 1.00 bits per heavy atom. The van der Waals surface area contributed by atoms with Crippen LogP contribution in [0.4, 0.5) is 11.4 Å². The van der Waals surface area contributed by atoms with Gasteiger partial charge in [-0.3, -0.25) is 29.6 Å². The summed E-state index contributed by atoms with van der Waals surface area (Å²) in [5.74, 6) is -3.18. The molecule has 0 radical (unpaired) electrons. The molecule has 0 aliphatic carbocycles. The number of aromatic nitrogens is 1. The lowest BCUT2D eigenvalue weighted by molar-refractivity contribution is -0.385. The Morgan fingerprint density at radius 3 is 2.08 bits per heavy atom. The van der Waals surface area contributed by atoms with Crippen LogP contribution in [0, 0.1) is 20.2 Å². The molecule has 13 nitrogen and oxygen atoms in total. The zero-order valence-corrected chi connectivity index (χ0v) is 21.3. The number of thiazole rings is 1. The number of nitrogens with zero attached hydrogens (tertiary/aromatic N) is 3. The standard InChI is InChI=1S/C25H20N4O9S/c1-3-38-25(32)19-18(14-6-10-16(11-7-14)29(35)36)20(24(31)37-2)23-27(21(19)26)22(30)17(39-23)12-13-4-8-15(9-5-13)28(33)34/h4-12,18H,3,26H2,1-2H3/b17-12+/t18-/m1/s1. The summed E-state index contributed by atoms with van der Waals surface area (Å²) in [5.41, 5.74) is 5.87. The molecule has 2 N–H and O–H groups in total. The molecule has 2 heterocycles. The molecule has 3 aromatic rings. The number of esters is 2. The molecule has 1 aliphatic rings. The van der Waals surface area contributed by atoms with Crippen LogP contribution in [-0.4, -0.2) is 40.1 Å². The molecule has 0 bridgehead atoms. The maximum absolute atomic E-state index is 13.5. The molecule has 2 aromatic carbocycles. The van der Waals surface area contributed by atoms with Gasteiger partial charge in [0.1, 0.15) is 10.5 Å². The van der Waals surface area contributed by atoms with E-state index >= 15 is 0 Å². The average Bonchev–Trinajstić information content (AvgIpc) is 3.24. The van der Waals surface area contributed by atoms with E-state index in [-0.39, 0.29) is 44.1 Å². The van der Waals surface area contributed by atoms with Crippen molar-refractivity contribution in [3.8, 4) is 0 Å². The van der Waals surface area contributed by atoms with E-state index in [0.29, 0.717) is 11.1 Å². The van der Waals surface area contributed by atoms with E-state index in [0.717, 1.165) is 23.0 Å². The van der Waals surface area contributed by atoms with Crippen LogP contribution in [0.3, 0.4) is 0 Å². The van der Waals surface area contributed by atoms with Gasteiger partial charge in [0.05, 0.1) is 45.2 Å². The summed E-state index contributed by atoms with van der Waals surface area (Å²) in [6.07, 6.45) is 1.47. The molecule has 0 unspecified atom stereocenters. The number of carbonyl (C=O) groups excluding carboxylic acids is 2. The average molecular weight is 553 g/mol. The molecule has 1 aromatic heterocycles. The van der Waals surface area contributed by atoms with Gasteiger partial charge in [0, 0.05) is 24.3 Å². The van der Waals surface area contributed by atoms with Gasteiger partial charge in [0.25, 0.3) is 16.9 Å². The first-order valence-electron chi connectivity index (χ1n) is 11.3. The van der Waals surface area contributed by atoms with Gasteiger partial charge in [0.2, 0.25) is 0 Å². The van der Waals surface area contributed by atoms with Crippen molar-refractivity contribution in [2.45, 2.75) is 12.8 Å². The minimum absolute atomic E-state index is 0.0271. The zero-order chi connectivity index (χ0) is 28.4. The Hall–Kier alpha value is -5.11. The zero-order valence-electron chi connectivity index (χ0n) is 20.5. The van der Waals surface area contributed by atoms with Crippen molar-refractivity contribution in [1.82, 2.24) is 4.57 Å². The van der Waals surface area contributed by atoms with Crippen LogP contribution in [0.25, 0.3) is 17.5 Å². The Kier molecular flexibility index (Phi) is 7.40. The summed E-state index contributed by atoms with van der Waals surface area (Å²) in [6.45, 7) is 1.55. The highest BCUT2D eigenvalue weighted by Gasteiger charge is 2.40. The number of nitro benzene ring substituents is 2. The van der Waals surface area contributed by atoms with Crippen molar-refractivity contribution in [3.63, 3.8) is 0 Å². The van der Waals surface area contributed by atoms with Crippen LogP contribution in [0.2, 0.25) is 0 Å². The lowest BCUT2D eigenvalue weighted by atomic mass is 9.83. The quantitative estimate of drug-likeness (QED) is 0.255. The summed E-state index contributed by atoms with van der Waals surface area (Å²) >= 11 is 0.905. The third kappa shape index (κ3) is 4.92. The van der Waals surface area contributed by atoms with Crippen LogP contribution in [0.5, 0.6) is 0 Å². The third-order valence-corrected chi connectivity index (χ3v) is 7.00. The van der Waals surface area contributed by atoms with E-state index in [1.807, 2.05) is 0 Å². The van der Waals surface area contributed by atoms with Crippen molar-refractivity contribution in [1.29, 1.82) is 0 Å². The van der Waals surface area contributed by atoms with Gasteiger partial charge in [-0.15, -0.1) is 11.3 Å². The summed E-state index contributed by atoms with van der Waals surface area (Å²) in [5, 5.41) is 22.1. The molecular weight excluding hydrogens is 532 g/mol. The summed E-state index contributed by atoms with van der Waals surface area (Å²) in [7, 11) is 1.13. The molecule has 200 valence electrons. The largest absolute Gasteiger partial charge is 0.466 e. The first-order valence-corrected chi connectivity index (χ1v) is 12.1. The highest BCUT2D eigenvalue weighted by molar-refractivity contribution is 7.07. The predicted octanol–water partition coefficient (Wildman–Crippen LogP) is 1.37. The van der Waals surface area contributed by atoms with E-state index in [1.54, 1.807) is 6.92 Å². The molecular formula is C25H20N4O9S. The molecule has 0 saturated heterocycles. The second-order valence-electron chi connectivity index (χ2n) is 8.11. The molecule has 4 rings (SSSR count). The molecule has 0 spiro atoms. The van der Waals surface area contributed by atoms with Crippen molar-refractivity contribution < 1.29 is 28.9 Å². The van der Waals surface area contributed by atoms with Crippen LogP contribution < -0.4 is 20.5 Å². The smallest absolute Gasteiger partial charge is 0.338 e. The number of methoxy groups -OCH3 is 1. The van der Waals surface area contributed by atoms with E-state index in [9.17, 15) is 34.6 Å². The summed E-state index contributed by atoms with van der Waals surface area (Å²) in [6, 6.07) is 10.7. The van der Waals surface area contributed by atoms with Gasteiger partial charge in [-0.1, -0.05) is 12.1 Å². The fourth-order valence-corrected chi connectivity index (χ4v) is 5.29. The molecule has 14 heteroatoms. The first kappa shape index (κ1) is 26.9. The fourth-order valence-electron chi connectivity index (χ4n) is 4.13. The Labute approximate surface area is 223 Å². The van der Waals surface area contributed by atoms with Crippen LogP contribution >= 0.6 is 11.3 Å². The second kappa shape index (κ2) is 10.7. The van der Waals surface area contributed by atoms with E-state index in [2.05, 4.69) is 0 Å². The van der Waals surface area contributed by atoms with Gasteiger partial charge in [0.15, 0.2) is 0 Å². The van der Waals surface area contributed by atoms with E-state index < -0.39 is 33.3 Å². The number of hydrogen-bond acceptors (Lipinski definition) is 11. The molecule has 0 fully saturated rings. The monoisotopic (exact) mass is 552 g/mol. The van der Waals surface area contributed by atoms with Gasteiger partial charge < -0.3 is 15.2 Å². The second-order valence-corrected chi connectivity index (χ2v) is 9.14. The highest BCUT2D eigenvalue weighted by Crippen LogP contribution is 2.38. The van der Waals surface area contributed by atoms with Crippen LogP contribution in [-0.2, 0) is 19.1 Å². The van der Waals surface area contributed by atoms with Crippen LogP contribution in [0.1, 0.15) is 24.0 Å². The third-order valence-electron chi connectivity index (χ3n) is 5.89. The molecule has 1 aliphatic heterocycles. The maximum Gasteiger partial charge on any atom is 0.338 e. The van der Waals surface area contributed by atoms with Gasteiger partial charge in [-0.05, 0) is 36.3 Å². The van der Waals surface area contributed by atoms with Gasteiger partial charge in [-0.2, -0.15) is 0 Å². The van der Waals surface area contributed by atoms with E-state index in [4.69, 9.17) is 15.2 Å². The Bertz CT molecular complexity index is 1720. The van der Waals surface area contributed by atoms with Crippen molar-refractivity contribution in [2.24, 2.45) is 5.73 Å². The minimum Gasteiger partial charge on any atom is -0.466 e. The van der Waals surface area contributed by atoms with Crippen LogP contribution in [0.15, 0.2) is 58.9 Å². The molecule has 1 atom stereocenters. The Morgan fingerprint density at radius 2 is 1.56 bits per heavy atom. The van der Waals surface area contributed by atoms with Crippen molar-refractivity contribution >= 4 is 52.1 Å². The molecule has 0 saturated carbocycles. The number of fused-ring (bicyclic) bond motifs is 1. The van der Waals surface area contributed by atoms with Gasteiger partial charge >= 0.3 is 11.9 Å². The number of rotatable bonds is 7. The number of benzene rings is 2. The maximum atomic E-state index is 13.5. The van der Waals surface area contributed by atoms with Crippen molar-refractivity contribution in [2.75, 3.05) is 13.7 Å². The Balaban J connectivity index is 2.05. The normalized spacial score (nSPS) is 15.1.